The van der Waals surface area contributed by atoms with Gasteiger partial charge in [0.15, 0.2) is 0 Å². The Balaban J connectivity index is 2.15. The lowest BCUT2D eigenvalue weighted by Crippen LogP contribution is -2.30. The molecule has 0 amide bonds. The van der Waals surface area contributed by atoms with Crippen LogP contribution in [0.3, 0.4) is 0 Å². The van der Waals surface area contributed by atoms with Gasteiger partial charge in [0.05, 0.1) is 5.60 Å². The van der Waals surface area contributed by atoms with Crippen LogP contribution in [0.25, 0.3) is 0 Å². The van der Waals surface area contributed by atoms with Crippen LogP contribution in [0.2, 0.25) is 5.02 Å². The van der Waals surface area contributed by atoms with Crippen LogP contribution >= 0.6 is 11.6 Å². The lowest BCUT2D eigenvalue weighted by Gasteiger charge is -2.24. The van der Waals surface area contributed by atoms with Gasteiger partial charge in [-0.15, -0.1) is 0 Å². The van der Waals surface area contributed by atoms with Gasteiger partial charge in [0.1, 0.15) is 0 Å². The molecule has 106 valence electrons. The molecule has 1 aromatic rings. The highest BCUT2D eigenvalue weighted by Crippen LogP contribution is 2.31. The number of nitrogens with zero attached hydrogens (tertiary/aromatic N) is 1. The van der Waals surface area contributed by atoms with Gasteiger partial charge in [-0.1, -0.05) is 24.6 Å². The summed E-state index contributed by atoms with van der Waals surface area (Å²) < 4.78 is 0. The van der Waals surface area contributed by atoms with Crippen molar-refractivity contribution >= 4 is 17.3 Å². The molecule has 0 radical (unpaired) electrons. The highest BCUT2D eigenvalue weighted by molar-refractivity contribution is 6.30. The highest BCUT2D eigenvalue weighted by atomic mass is 35.5. The molecule has 1 heterocycles. The number of halogens is 1. The maximum Gasteiger partial charge on any atom is 0.0810 e. The van der Waals surface area contributed by atoms with Crippen molar-refractivity contribution < 1.29 is 5.11 Å². The van der Waals surface area contributed by atoms with Crippen LogP contribution in [-0.2, 0) is 6.54 Å². The first-order valence-corrected chi connectivity index (χ1v) is 7.36. The van der Waals surface area contributed by atoms with E-state index < -0.39 is 5.60 Å². The second-order valence-electron chi connectivity index (χ2n) is 5.62. The van der Waals surface area contributed by atoms with E-state index in [0.29, 0.717) is 6.54 Å². The maximum atomic E-state index is 10.1. The third kappa shape index (κ3) is 3.85. The number of nitrogens with one attached hydrogen (secondary N) is 1. The van der Waals surface area contributed by atoms with E-state index >= 15 is 0 Å². The summed E-state index contributed by atoms with van der Waals surface area (Å²) in [5.41, 5.74) is 1.81. The molecule has 1 aromatic carbocycles. The summed E-state index contributed by atoms with van der Waals surface area (Å²) in [5, 5.41) is 14.3. The topological polar surface area (TPSA) is 35.5 Å². The van der Waals surface area contributed by atoms with Crippen LogP contribution in [-0.4, -0.2) is 30.3 Å². The summed E-state index contributed by atoms with van der Waals surface area (Å²) in [5.74, 6) is 0. The van der Waals surface area contributed by atoms with E-state index in [0.717, 1.165) is 43.2 Å². The largest absolute Gasteiger partial charge is 0.388 e. The van der Waals surface area contributed by atoms with Crippen molar-refractivity contribution in [3.05, 3.63) is 28.8 Å². The van der Waals surface area contributed by atoms with Crippen molar-refractivity contribution in [3.8, 4) is 0 Å². The van der Waals surface area contributed by atoms with Crippen molar-refractivity contribution in [1.82, 2.24) is 5.32 Å². The normalized spacial score (nSPS) is 23.1. The fourth-order valence-electron chi connectivity index (χ4n) is 2.53. The summed E-state index contributed by atoms with van der Waals surface area (Å²) >= 11 is 6.12. The molecule has 1 fully saturated rings. The van der Waals surface area contributed by atoms with Gasteiger partial charge >= 0.3 is 0 Å². The number of anilines is 1. The summed E-state index contributed by atoms with van der Waals surface area (Å²) in [6.07, 6.45) is 1.93. The van der Waals surface area contributed by atoms with Gasteiger partial charge in [0.25, 0.3) is 0 Å². The minimum absolute atomic E-state index is 0.587. The van der Waals surface area contributed by atoms with Crippen LogP contribution in [0, 0.1) is 0 Å². The molecular weight excluding hydrogens is 260 g/mol. The molecule has 0 aromatic heterocycles. The number of aliphatic hydroxyl groups is 1. The molecule has 4 heteroatoms. The van der Waals surface area contributed by atoms with E-state index in [1.165, 1.54) is 5.56 Å². The van der Waals surface area contributed by atoms with Gasteiger partial charge in [-0.3, -0.25) is 0 Å². The number of rotatable bonds is 5. The van der Waals surface area contributed by atoms with E-state index in [-0.39, 0.29) is 0 Å². The average Bonchev–Trinajstić information content (AvgIpc) is 2.72. The van der Waals surface area contributed by atoms with Gasteiger partial charge in [0.2, 0.25) is 0 Å². The molecule has 0 bridgehead atoms. The minimum Gasteiger partial charge on any atom is -0.388 e. The van der Waals surface area contributed by atoms with Crippen LogP contribution < -0.4 is 10.2 Å². The molecule has 0 spiro atoms. The van der Waals surface area contributed by atoms with Crippen molar-refractivity contribution in [1.29, 1.82) is 0 Å². The molecule has 0 aliphatic carbocycles. The zero-order chi connectivity index (χ0) is 13.9. The Morgan fingerprint density at radius 1 is 1.47 bits per heavy atom. The highest BCUT2D eigenvalue weighted by Gasteiger charge is 2.32. The fraction of sp³-hybridized carbons (Fsp3) is 0.600. The van der Waals surface area contributed by atoms with Gasteiger partial charge < -0.3 is 15.3 Å². The molecule has 2 rings (SSSR count). The molecule has 1 atom stereocenters. The Bertz CT molecular complexity index is 434. The smallest absolute Gasteiger partial charge is 0.0810 e. The Morgan fingerprint density at radius 3 is 2.89 bits per heavy atom. The molecular formula is C15H23ClN2O. The monoisotopic (exact) mass is 282 g/mol. The second-order valence-corrected chi connectivity index (χ2v) is 6.05. The van der Waals surface area contributed by atoms with Crippen molar-refractivity contribution in [2.75, 3.05) is 24.5 Å². The SMILES string of the molecule is CCCNCc1ccc(Cl)cc1N1CCC(C)(O)C1. The number of hydrogen-bond acceptors (Lipinski definition) is 3. The van der Waals surface area contributed by atoms with Crippen molar-refractivity contribution in [2.24, 2.45) is 0 Å². The first-order valence-electron chi connectivity index (χ1n) is 6.98. The van der Waals surface area contributed by atoms with Crippen LogP contribution in [0.1, 0.15) is 32.3 Å². The Hall–Kier alpha value is -0.770. The molecule has 1 unspecified atom stereocenters. The molecule has 0 saturated carbocycles. The summed E-state index contributed by atoms with van der Waals surface area (Å²) in [6.45, 7) is 7.47. The lowest BCUT2D eigenvalue weighted by molar-refractivity contribution is 0.0839. The summed E-state index contributed by atoms with van der Waals surface area (Å²) in [6, 6.07) is 6.02. The third-order valence-electron chi connectivity index (χ3n) is 3.58. The van der Waals surface area contributed by atoms with E-state index in [9.17, 15) is 5.11 Å². The average molecular weight is 283 g/mol. The molecule has 1 aliphatic heterocycles. The minimum atomic E-state index is -0.587. The number of benzene rings is 1. The van der Waals surface area contributed by atoms with Crippen molar-refractivity contribution in [2.45, 2.75) is 38.8 Å². The van der Waals surface area contributed by atoms with E-state index in [1.807, 2.05) is 19.1 Å². The number of β-amino-alcohol motifs (C(OH)–C–C–N with tert-alkyl or cyclic N) is 1. The first-order chi connectivity index (χ1) is 9.02. The predicted octanol–water partition coefficient (Wildman–Crippen LogP) is 2.80. The van der Waals surface area contributed by atoms with Gasteiger partial charge in [-0.25, -0.2) is 0 Å². The van der Waals surface area contributed by atoms with Crippen LogP contribution in [0.15, 0.2) is 18.2 Å². The second kappa shape index (κ2) is 6.12. The maximum absolute atomic E-state index is 10.1. The summed E-state index contributed by atoms with van der Waals surface area (Å²) in [7, 11) is 0. The quantitative estimate of drug-likeness (QED) is 0.815. The Labute approximate surface area is 120 Å². The summed E-state index contributed by atoms with van der Waals surface area (Å²) in [4.78, 5) is 2.23. The zero-order valence-electron chi connectivity index (χ0n) is 11.7. The van der Waals surface area contributed by atoms with E-state index in [4.69, 9.17) is 11.6 Å². The Kier molecular flexibility index (Phi) is 4.71. The van der Waals surface area contributed by atoms with E-state index in [1.54, 1.807) is 0 Å². The Morgan fingerprint density at radius 2 is 2.26 bits per heavy atom. The molecule has 1 aliphatic rings. The molecule has 3 nitrogen and oxygen atoms in total. The predicted molar refractivity (Wildman–Crippen MR) is 80.9 cm³/mol. The van der Waals surface area contributed by atoms with Gasteiger partial charge in [-0.05, 0) is 44.0 Å². The lowest BCUT2D eigenvalue weighted by atomic mass is 10.1. The van der Waals surface area contributed by atoms with Crippen LogP contribution in [0.4, 0.5) is 5.69 Å². The molecule has 1 saturated heterocycles. The zero-order valence-corrected chi connectivity index (χ0v) is 12.5. The van der Waals surface area contributed by atoms with Gasteiger partial charge in [-0.2, -0.15) is 0 Å². The standard InChI is InChI=1S/C15H23ClN2O/c1-3-7-17-10-12-4-5-13(16)9-14(12)18-8-6-15(2,19)11-18/h4-5,9,17,19H,3,6-8,10-11H2,1-2H3. The molecule has 2 N–H and O–H groups in total. The van der Waals surface area contributed by atoms with E-state index in [2.05, 4.69) is 23.2 Å². The van der Waals surface area contributed by atoms with Crippen LogP contribution in [0.5, 0.6) is 0 Å². The fourth-order valence-corrected chi connectivity index (χ4v) is 2.70. The number of hydrogen-bond donors (Lipinski definition) is 2. The van der Waals surface area contributed by atoms with Crippen molar-refractivity contribution in [3.63, 3.8) is 0 Å². The third-order valence-corrected chi connectivity index (χ3v) is 3.82. The van der Waals surface area contributed by atoms with Gasteiger partial charge in [0, 0.05) is 30.3 Å². The molecule has 19 heavy (non-hydrogen) atoms. The first kappa shape index (κ1) is 14.6.